The number of rotatable bonds is 2. The van der Waals surface area contributed by atoms with E-state index in [2.05, 4.69) is 53.5 Å². The van der Waals surface area contributed by atoms with Crippen molar-refractivity contribution in [3.8, 4) is 0 Å². The van der Waals surface area contributed by atoms with Crippen molar-refractivity contribution in [2.24, 2.45) is 7.05 Å². The fraction of sp³-hybridized carbons (Fsp3) is 0.0588. The van der Waals surface area contributed by atoms with Gasteiger partial charge in [-0.3, -0.25) is 4.98 Å². The second-order valence-electron chi connectivity index (χ2n) is 4.55. The molecular weight excluding hydrogens is 359 g/mol. The molecule has 0 spiro atoms. The number of para-hydroxylation sites is 1. The molecule has 2 aromatic heterocycles. The number of aryl methyl sites for hydroxylation is 1. The fourth-order valence-corrected chi connectivity index (χ4v) is 2.07. The first-order valence-corrected chi connectivity index (χ1v) is 6.30. The molecule has 0 aliphatic heterocycles. The molecule has 3 aromatic rings. The van der Waals surface area contributed by atoms with Crippen LogP contribution >= 0.6 is 0 Å². The van der Waals surface area contributed by atoms with E-state index in [0.29, 0.717) is 0 Å². The summed E-state index contributed by atoms with van der Waals surface area (Å²) in [4.78, 5) is 4.45. The predicted octanol–water partition coefficient (Wildman–Crippen LogP) is 0.234. The van der Waals surface area contributed by atoms with Gasteiger partial charge in [0, 0.05) is 29.3 Å². The first kappa shape index (κ1) is 14.7. The minimum Gasteiger partial charge on any atom is -1.00 e. The molecule has 3 heteroatoms. The van der Waals surface area contributed by atoms with E-state index in [1.54, 1.807) is 0 Å². The van der Waals surface area contributed by atoms with Crippen molar-refractivity contribution < 1.29 is 28.5 Å². The maximum Gasteiger partial charge on any atom is 0.169 e. The van der Waals surface area contributed by atoms with Crippen molar-refractivity contribution in [2.45, 2.75) is 0 Å². The van der Waals surface area contributed by atoms with Crippen molar-refractivity contribution in [3.63, 3.8) is 0 Å². The molecule has 0 radical (unpaired) electrons. The van der Waals surface area contributed by atoms with Gasteiger partial charge in [-0.05, 0) is 11.6 Å². The highest BCUT2D eigenvalue weighted by molar-refractivity contribution is 5.89. The number of benzene rings is 1. The van der Waals surface area contributed by atoms with Gasteiger partial charge in [0.2, 0.25) is 0 Å². The lowest BCUT2D eigenvalue weighted by atomic mass is 10.1. The smallest absolute Gasteiger partial charge is 0.169 e. The third-order valence-electron chi connectivity index (χ3n) is 3.12. The molecular formula is C17H15IN2. The quantitative estimate of drug-likeness (QED) is 0.464. The van der Waals surface area contributed by atoms with Crippen LogP contribution in [0.2, 0.25) is 0 Å². The van der Waals surface area contributed by atoms with E-state index < -0.39 is 0 Å². The lowest BCUT2D eigenvalue weighted by Crippen LogP contribution is -3.00. The van der Waals surface area contributed by atoms with E-state index in [9.17, 15) is 0 Å². The molecule has 2 nitrogen and oxygen atoms in total. The molecule has 0 saturated heterocycles. The summed E-state index contributed by atoms with van der Waals surface area (Å²) in [5, 5.41) is 1.17. The molecule has 3 rings (SSSR count). The summed E-state index contributed by atoms with van der Waals surface area (Å²) in [7, 11) is 2.02. The molecule has 100 valence electrons. The molecule has 20 heavy (non-hydrogen) atoms. The van der Waals surface area contributed by atoms with Crippen LogP contribution in [0.25, 0.3) is 23.1 Å². The Morgan fingerprint density at radius 1 is 0.950 bits per heavy atom. The predicted molar refractivity (Wildman–Crippen MR) is 78.3 cm³/mol. The van der Waals surface area contributed by atoms with Crippen LogP contribution in [0.5, 0.6) is 0 Å². The zero-order chi connectivity index (χ0) is 13.1. The lowest BCUT2D eigenvalue weighted by molar-refractivity contribution is -0.671. The van der Waals surface area contributed by atoms with Crippen molar-refractivity contribution in [3.05, 3.63) is 72.2 Å². The van der Waals surface area contributed by atoms with E-state index >= 15 is 0 Å². The Bertz CT molecular complexity index is 728. The molecule has 0 atom stereocenters. The minimum absolute atomic E-state index is 0. The number of aromatic nitrogens is 2. The highest BCUT2D eigenvalue weighted by Crippen LogP contribution is 2.18. The highest BCUT2D eigenvalue weighted by atomic mass is 127. The molecule has 0 N–H and O–H groups in total. The largest absolute Gasteiger partial charge is 1.00 e. The molecule has 2 heterocycles. The summed E-state index contributed by atoms with van der Waals surface area (Å²) in [5.74, 6) is 0. The summed E-state index contributed by atoms with van der Waals surface area (Å²) >= 11 is 0. The van der Waals surface area contributed by atoms with Crippen LogP contribution in [-0.4, -0.2) is 4.98 Å². The van der Waals surface area contributed by atoms with Gasteiger partial charge in [0.05, 0.1) is 5.52 Å². The van der Waals surface area contributed by atoms with Crippen LogP contribution in [0.3, 0.4) is 0 Å². The number of nitrogens with zero attached hydrogens (tertiary/aromatic N) is 2. The van der Waals surface area contributed by atoms with Crippen molar-refractivity contribution >= 4 is 23.1 Å². The number of pyridine rings is 2. The average molecular weight is 374 g/mol. The van der Waals surface area contributed by atoms with E-state index in [4.69, 9.17) is 0 Å². The van der Waals surface area contributed by atoms with Crippen molar-refractivity contribution in [1.82, 2.24) is 4.98 Å². The van der Waals surface area contributed by atoms with E-state index in [1.807, 2.05) is 36.3 Å². The summed E-state index contributed by atoms with van der Waals surface area (Å²) in [5.41, 5.74) is 3.38. The molecule has 0 saturated carbocycles. The van der Waals surface area contributed by atoms with Gasteiger partial charge in [0.15, 0.2) is 12.4 Å². The molecule has 0 aliphatic carbocycles. The van der Waals surface area contributed by atoms with Gasteiger partial charge in [-0.15, -0.1) is 0 Å². The molecule has 0 fully saturated rings. The van der Waals surface area contributed by atoms with Gasteiger partial charge in [-0.25, -0.2) is 4.57 Å². The molecule has 0 bridgehead atoms. The van der Waals surface area contributed by atoms with Crippen LogP contribution in [0.15, 0.2) is 61.1 Å². The Hall–Kier alpha value is -1.75. The standard InChI is InChI=1S/C17H15N2.HI/c1-19-12-9-14(10-13-19)7-8-16-5-2-4-15-6-3-11-18-17(15)16;/h2-13H,1H3;1H/q+1;/p-1. The Morgan fingerprint density at radius 3 is 2.50 bits per heavy atom. The maximum atomic E-state index is 4.45. The monoisotopic (exact) mass is 374 g/mol. The Balaban J connectivity index is 0.00000147. The summed E-state index contributed by atoms with van der Waals surface area (Å²) in [6, 6.07) is 14.5. The number of hydrogen-bond acceptors (Lipinski definition) is 1. The van der Waals surface area contributed by atoms with E-state index in [-0.39, 0.29) is 24.0 Å². The maximum absolute atomic E-state index is 4.45. The highest BCUT2D eigenvalue weighted by Gasteiger charge is 1.98. The first-order chi connectivity index (χ1) is 9.33. The van der Waals surface area contributed by atoms with Crippen molar-refractivity contribution in [1.29, 1.82) is 0 Å². The van der Waals surface area contributed by atoms with Crippen LogP contribution in [0.1, 0.15) is 11.1 Å². The van der Waals surface area contributed by atoms with Gasteiger partial charge in [0.25, 0.3) is 0 Å². The van der Waals surface area contributed by atoms with Gasteiger partial charge >= 0.3 is 0 Å². The van der Waals surface area contributed by atoms with Gasteiger partial charge in [-0.2, -0.15) is 0 Å². The van der Waals surface area contributed by atoms with Gasteiger partial charge in [-0.1, -0.05) is 36.4 Å². The Morgan fingerprint density at radius 2 is 1.70 bits per heavy atom. The molecule has 0 aliphatic rings. The second-order valence-corrected chi connectivity index (χ2v) is 4.55. The van der Waals surface area contributed by atoms with E-state index in [1.165, 1.54) is 10.9 Å². The van der Waals surface area contributed by atoms with Crippen LogP contribution in [-0.2, 0) is 7.05 Å². The Kier molecular flexibility index (Phi) is 4.84. The van der Waals surface area contributed by atoms with Crippen LogP contribution < -0.4 is 28.5 Å². The van der Waals surface area contributed by atoms with Gasteiger partial charge < -0.3 is 24.0 Å². The van der Waals surface area contributed by atoms with Crippen molar-refractivity contribution in [2.75, 3.05) is 0 Å². The fourth-order valence-electron chi connectivity index (χ4n) is 2.07. The number of hydrogen-bond donors (Lipinski definition) is 0. The molecule has 0 amide bonds. The van der Waals surface area contributed by atoms with Crippen LogP contribution in [0, 0.1) is 0 Å². The number of halogens is 1. The first-order valence-electron chi connectivity index (χ1n) is 6.30. The SMILES string of the molecule is C[n+]1ccc(/C=C/c2cccc3cccnc23)cc1.[I-]. The number of fused-ring (bicyclic) bond motifs is 1. The molecule has 0 unspecified atom stereocenters. The summed E-state index contributed by atoms with van der Waals surface area (Å²) in [6.07, 6.45) is 10.2. The average Bonchev–Trinajstić information content (AvgIpc) is 2.47. The molecule has 1 aromatic carbocycles. The normalized spacial score (nSPS) is 10.7. The van der Waals surface area contributed by atoms with E-state index in [0.717, 1.165) is 11.1 Å². The summed E-state index contributed by atoms with van der Waals surface area (Å²) < 4.78 is 2.02. The third-order valence-corrected chi connectivity index (χ3v) is 3.12. The lowest BCUT2D eigenvalue weighted by Gasteiger charge is -2.00. The topological polar surface area (TPSA) is 16.8 Å². The van der Waals surface area contributed by atoms with Gasteiger partial charge in [0.1, 0.15) is 7.05 Å². The second kappa shape index (κ2) is 6.61. The zero-order valence-electron chi connectivity index (χ0n) is 11.2. The summed E-state index contributed by atoms with van der Waals surface area (Å²) in [6.45, 7) is 0. The third kappa shape index (κ3) is 3.22. The van der Waals surface area contributed by atoms with Crippen LogP contribution in [0.4, 0.5) is 0 Å². The Labute approximate surface area is 135 Å². The minimum atomic E-state index is 0. The zero-order valence-corrected chi connectivity index (χ0v) is 13.4.